The summed E-state index contributed by atoms with van der Waals surface area (Å²) in [5.41, 5.74) is 2.87. The first-order chi connectivity index (χ1) is 7.14. The zero-order chi connectivity index (χ0) is 12.6. The number of ketones is 1. The summed E-state index contributed by atoms with van der Waals surface area (Å²) in [5, 5.41) is 0. The Morgan fingerprint density at radius 2 is 1.88 bits per heavy atom. The Bertz CT molecular complexity index is 313. The summed E-state index contributed by atoms with van der Waals surface area (Å²) in [6, 6.07) is 0. The van der Waals surface area contributed by atoms with Crippen molar-refractivity contribution in [2.75, 3.05) is 0 Å². The lowest BCUT2D eigenvalue weighted by molar-refractivity contribution is -0.125. The molecule has 16 heavy (non-hydrogen) atoms. The van der Waals surface area contributed by atoms with Crippen LogP contribution in [0.4, 0.5) is 0 Å². The molecule has 0 spiro atoms. The quantitative estimate of drug-likeness (QED) is 0.628. The first-order valence-electron chi connectivity index (χ1n) is 6.37. The highest BCUT2D eigenvalue weighted by atomic mass is 16.1. The molecule has 0 saturated carbocycles. The molecule has 1 aliphatic rings. The monoisotopic (exact) mass is 222 g/mol. The maximum atomic E-state index is 12.1. The Morgan fingerprint density at radius 3 is 2.31 bits per heavy atom. The van der Waals surface area contributed by atoms with E-state index in [1.54, 1.807) is 0 Å². The highest BCUT2D eigenvalue weighted by Crippen LogP contribution is 2.42. The summed E-state index contributed by atoms with van der Waals surface area (Å²) >= 11 is 0. The summed E-state index contributed by atoms with van der Waals surface area (Å²) < 4.78 is 0. The van der Waals surface area contributed by atoms with Crippen LogP contribution in [0.15, 0.2) is 11.1 Å². The molecule has 0 atom stereocenters. The van der Waals surface area contributed by atoms with Gasteiger partial charge in [-0.15, -0.1) is 0 Å². The van der Waals surface area contributed by atoms with Gasteiger partial charge in [-0.2, -0.15) is 0 Å². The van der Waals surface area contributed by atoms with Gasteiger partial charge in [0.1, 0.15) is 5.78 Å². The lowest BCUT2D eigenvalue weighted by Gasteiger charge is -2.35. The van der Waals surface area contributed by atoms with Crippen molar-refractivity contribution in [3.63, 3.8) is 0 Å². The molecule has 0 bridgehead atoms. The number of Topliss-reactive ketones (excluding diaryl/α,β-unsaturated/α-hetero) is 1. The van der Waals surface area contributed by atoms with Crippen LogP contribution in [0.25, 0.3) is 0 Å². The number of allylic oxidation sites excluding steroid dienone is 2. The fraction of sp³-hybridized carbons (Fsp3) is 0.800. The van der Waals surface area contributed by atoms with Crippen molar-refractivity contribution >= 4 is 5.78 Å². The van der Waals surface area contributed by atoms with Gasteiger partial charge in [0.15, 0.2) is 0 Å². The summed E-state index contributed by atoms with van der Waals surface area (Å²) in [7, 11) is 0. The van der Waals surface area contributed by atoms with Gasteiger partial charge in [0.25, 0.3) is 0 Å². The van der Waals surface area contributed by atoms with Crippen molar-refractivity contribution in [1.29, 1.82) is 0 Å². The van der Waals surface area contributed by atoms with Crippen molar-refractivity contribution in [3.05, 3.63) is 11.1 Å². The Labute approximate surface area is 100 Å². The van der Waals surface area contributed by atoms with Gasteiger partial charge >= 0.3 is 0 Å². The second kappa shape index (κ2) is 4.35. The van der Waals surface area contributed by atoms with E-state index >= 15 is 0 Å². The average molecular weight is 222 g/mol. The van der Waals surface area contributed by atoms with Crippen LogP contribution >= 0.6 is 0 Å². The fourth-order valence-electron chi connectivity index (χ4n) is 2.49. The Hall–Kier alpha value is -0.590. The Balaban J connectivity index is 2.90. The lowest BCUT2D eigenvalue weighted by Crippen LogP contribution is -2.27. The largest absolute Gasteiger partial charge is 0.299 e. The number of carbonyl (C=O) groups excluding carboxylic acids is 1. The summed E-state index contributed by atoms with van der Waals surface area (Å²) in [4.78, 5) is 12.1. The molecule has 0 fully saturated rings. The standard InChI is InChI=1S/C15H26O/c1-11-8-7-9-15(5,6)12(11)10-13(16)14(2,3)4/h7-10H2,1-6H3. The van der Waals surface area contributed by atoms with Crippen LogP contribution in [-0.4, -0.2) is 5.78 Å². The number of rotatable bonds is 2. The van der Waals surface area contributed by atoms with Crippen LogP contribution in [0.3, 0.4) is 0 Å². The van der Waals surface area contributed by atoms with Gasteiger partial charge in [0.05, 0.1) is 0 Å². The number of carbonyl (C=O) groups is 1. The van der Waals surface area contributed by atoms with Crippen molar-refractivity contribution < 1.29 is 4.79 Å². The first kappa shape index (κ1) is 13.5. The first-order valence-corrected chi connectivity index (χ1v) is 6.37. The third kappa shape index (κ3) is 2.96. The molecule has 0 amide bonds. The van der Waals surface area contributed by atoms with Gasteiger partial charge in [0.2, 0.25) is 0 Å². The van der Waals surface area contributed by atoms with Crippen molar-refractivity contribution in [2.24, 2.45) is 10.8 Å². The third-order valence-electron chi connectivity index (χ3n) is 3.86. The highest BCUT2D eigenvalue weighted by molar-refractivity contribution is 5.86. The molecule has 1 aliphatic carbocycles. The second-order valence-electron chi connectivity index (χ2n) is 6.85. The van der Waals surface area contributed by atoms with E-state index in [9.17, 15) is 4.79 Å². The summed E-state index contributed by atoms with van der Waals surface area (Å²) in [6.45, 7) is 12.8. The minimum atomic E-state index is -0.208. The molecule has 0 N–H and O–H groups in total. The van der Waals surface area contributed by atoms with Gasteiger partial charge in [-0.1, -0.05) is 45.8 Å². The van der Waals surface area contributed by atoms with Gasteiger partial charge in [0, 0.05) is 11.8 Å². The smallest absolute Gasteiger partial charge is 0.142 e. The molecule has 1 nitrogen and oxygen atoms in total. The minimum Gasteiger partial charge on any atom is -0.299 e. The van der Waals surface area contributed by atoms with Crippen LogP contribution in [0.5, 0.6) is 0 Å². The van der Waals surface area contributed by atoms with E-state index in [4.69, 9.17) is 0 Å². The molecular weight excluding hydrogens is 196 g/mol. The minimum absolute atomic E-state index is 0.208. The highest BCUT2D eigenvalue weighted by Gasteiger charge is 2.32. The molecule has 1 rings (SSSR count). The van der Waals surface area contributed by atoms with Crippen LogP contribution in [0.1, 0.15) is 67.2 Å². The maximum Gasteiger partial charge on any atom is 0.142 e. The SMILES string of the molecule is CC1=C(CC(=O)C(C)(C)C)C(C)(C)CCC1. The molecule has 0 unspecified atom stereocenters. The molecule has 1 heteroatoms. The normalized spacial score (nSPS) is 21.1. The zero-order valence-electron chi connectivity index (χ0n) is 11.7. The van der Waals surface area contributed by atoms with Crippen LogP contribution < -0.4 is 0 Å². The Kier molecular flexibility index (Phi) is 3.66. The van der Waals surface area contributed by atoms with Gasteiger partial charge in [-0.25, -0.2) is 0 Å². The third-order valence-corrected chi connectivity index (χ3v) is 3.86. The number of hydrogen-bond donors (Lipinski definition) is 0. The van der Waals surface area contributed by atoms with Crippen LogP contribution in [-0.2, 0) is 4.79 Å². The summed E-state index contributed by atoms with van der Waals surface area (Å²) in [6.07, 6.45) is 4.32. The van der Waals surface area contributed by atoms with E-state index in [1.807, 2.05) is 20.8 Å². The van der Waals surface area contributed by atoms with Crippen molar-refractivity contribution in [3.8, 4) is 0 Å². The maximum absolute atomic E-state index is 12.1. The van der Waals surface area contributed by atoms with Crippen LogP contribution in [0, 0.1) is 10.8 Å². The fourth-order valence-corrected chi connectivity index (χ4v) is 2.49. The average Bonchev–Trinajstić information content (AvgIpc) is 2.09. The number of hydrogen-bond acceptors (Lipinski definition) is 1. The molecule has 0 aliphatic heterocycles. The van der Waals surface area contributed by atoms with Gasteiger partial charge in [-0.3, -0.25) is 4.79 Å². The van der Waals surface area contributed by atoms with E-state index in [-0.39, 0.29) is 10.8 Å². The summed E-state index contributed by atoms with van der Waals surface area (Å²) in [5.74, 6) is 0.372. The molecule has 0 aromatic heterocycles. The topological polar surface area (TPSA) is 17.1 Å². The molecular formula is C15H26O. The van der Waals surface area contributed by atoms with E-state index < -0.39 is 0 Å². The predicted molar refractivity (Wildman–Crippen MR) is 69.4 cm³/mol. The molecule has 0 saturated heterocycles. The predicted octanol–water partition coefficient (Wildman–Crippen LogP) is 4.52. The zero-order valence-corrected chi connectivity index (χ0v) is 11.7. The van der Waals surface area contributed by atoms with Crippen molar-refractivity contribution in [2.45, 2.75) is 67.2 Å². The van der Waals surface area contributed by atoms with Gasteiger partial charge < -0.3 is 0 Å². The molecule has 92 valence electrons. The molecule has 0 aromatic carbocycles. The molecule has 0 aromatic rings. The van der Waals surface area contributed by atoms with E-state index in [0.717, 1.165) is 0 Å². The lowest BCUT2D eigenvalue weighted by atomic mass is 9.69. The Morgan fingerprint density at radius 1 is 1.31 bits per heavy atom. The van der Waals surface area contributed by atoms with E-state index in [1.165, 1.54) is 30.4 Å². The van der Waals surface area contributed by atoms with E-state index in [0.29, 0.717) is 12.2 Å². The molecule has 0 heterocycles. The van der Waals surface area contributed by atoms with Crippen LogP contribution in [0.2, 0.25) is 0 Å². The second-order valence-corrected chi connectivity index (χ2v) is 6.85. The molecule has 0 radical (unpaired) electrons. The van der Waals surface area contributed by atoms with Crippen molar-refractivity contribution in [1.82, 2.24) is 0 Å². The van der Waals surface area contributed by atoms with Gasteiger partial charge in [-0.05, 0) is 31.6 Å². The van der Waals surface area contributed by atoms with E-state index in [2.05, 4.69) is 20.8 Å².